The molecule has 2 aliphatic rings. The third-order valence-corrected chi connectivity index (χ3v) is 10.4. The first-order valence-corrected chi connectivity index (χ1v) is 19.1. The van der Waals surface area contributed by atoms with Crippen LogP contribution in [0, 0.1) is 0 Å². The number of carbonyl (C=O) groups excluding carboxylic acids is 3. The van der Waals surface area contributed by atoms with Gasteiger partial charge in [-0.25, -0.2) is 22.8 Å². The number of nitrogens with one attached hydrogen (secondary N) is 3. The summed E-state index contributed by atoms with van der Waals surface area (Å²) in [5, 5.41) is 22.9. The second-order valence-electron chi connectivity index (χ2n) is 12.9. The van der Waals surface area contributed by atoms with E-state index < -0.39 is 43.9 Å². The summed E-state index contributed by atoms with van der Waals surface area (Å²) in [6, 6.07) is 19.7. The number of hydrogen-bond acceptors (Lipinski definition) is 10. The number of aryl methyl sites for hydroxylation is 3. The van der Waals surface area contributed by atoms with Gasteiger partial charge in [-0.3, -0.25) is 9.59 Å². The van der Waals surface area contributed by atoms with E-state index in [4.69, 9.17) is 4.74 Å². The molecule has 2 heterocycles. The number of alkyl carbamates (subject to hydrolysis) is 1. The summed E-state index contributed by atoms with van der Waals surface area (Å²) < 4.78 is 57.9. The molecule has 15 nitrogen and oxygen atoms in total. The standard InChI is InChI=1S/C18H20N2O4S.C16H23N3O6S/c21-17-12-15(9-5-4-8-14-6-2-1-3-7-14)10-11-16(17)20-13-18(22)19-25(20,23)24;1-16(2,3)25-15(22)17-8-4-5-11-6-7-12(13(20)9-11)19-10-14(21)18-26(19,23)24/h1-3,6-7,10-12,21H,4-5,8-9,13H2,(H,19,22);6-7,9,20H,4-5,8,10H2,1-3H3,(H,17,22)(H,18,21). The Balaban J connectivity index is 0.000000229. The summed E-state index contributed by atoms with van der Waals surface area (Å²) in [4.78, 5) is 34.1. The number of benzene rings is 3. The van der Waals surface area contributed by atoms with Gasteiger partial charge in [0.25, 0.3) is 11.8 Å². The Kier molecular flexibility index (Phi) is 12.4. The molecular formula is C34H43N5O10S2. The minimum Gasteiger partial charge on any atom is -0.506 e. The van der Waals surface area contributed by atoms with Crippen molar-refractivity contribution in [3.63, 3.8) is 0 Å². The van der Waals surface area contributed by atoms with Crippen molar-refractivity contribution in [1.82, 2.24) is 14.8 Å². The number of aromatic hydroxyl groups is 2. The lowest BCUT2D eigenvalue weighted by atomic mass is 10.0. The number of unbranched alkanes of at least 4 members (excludes halogenated alkanes) is 1. The molecule has 0 atom stereocenters. The highest BCUT2D eigenvalue weighted by Crippen LogP contribution is 2.33. The van der Waals surface area contributed by atoms with Gasteiger partial charge in [0, 0.05) is 6.54 Å². The molecule has 3 aromatic carbocycles. The number of phenols is 2. The van der Waals surface area contributed by atoms with Crippen LogP contribution in [0.2, 0.25) is 0 Å². The highest BCUT2D eigenvalue weighted by Gasteiger charge is 2.36. The highest BCUT2D eigenvalue weighted by atomic mass is 32.2. The van der Waals surface area contributed by atoms with E-state index in [-0.39, 0.29) is 36.0 Å². The topological polar surface area (TPSA) is 212 Å². The zero-order valence-corrected chi connectivity index (χ0v) is 30.2. The molecule has 0 unspecified atom stereocenters. The molecule has 3 aromatic rings. The number of anilines is 2. The van der Waals surface area contributed by atoms with E-state index in [0.29, 0.717) is 19.4 Å². The summed E-state index contributed by atoms with van der Waals surface area (Å²) in [7, 11) is -7.86. The fraction of sp³-hybridized carbons (Fsp3) is 0.382. The van der Waals surface area contributed by atoms with Gasteiger partial charge < -0.3 is 20.3 Å². The van der Waals surface area contributed by atoms with Crippen molar-refractivity contribution in [3.05, 3.63) is 83.4 Å². The van der Waals surface area contributed by atoms with Crippen LogP contribution in [0.25, 0.3) is 0 Å². The van der Waals surface area contributed by atoms with E-state index >= 15 is 0 Å². The van der Waals surface area contributed by atoms with Crippen molar-refractivity contribution in [2.24, 2.45) is 0 Å². The molecule has 0 aliphatic carbocycles. The number of carbonyl (C=O) groups is 3. The van der Waals surface area contributed by atoms with E-state index in [1.54, 1.807) is 45.0 Å². The molecule has 5 rings (SSSR count). The average Bonchev–Trinajstić information content (AvgIpc) is 3.47. The fourth-order valence-electron chi connectivity index (χ4n) is 5.29. The normalized spacial score (nSPS) is 16.1. The van der Waals surface area contributed by atoms with E-state index in [9.17, 15) is 41.4 Å². The number of phenolic OH excluding ortho intramolecular Hbond substituents is 2. The molecule has 5 N–H and O–H groups in total. The Labute approximate surface area is 298 Å². The van der Waals surface area contributed by atoms with Crippen LogP contribution in [-0.4, -0.2) is 70.2 Å². The monoisotopic (exact) mass is 745 g/mol. The van der Waals surface area contributed by atoms with Crippen LogP contribution in [0.1, 0.15) is 56.7 Å². The maximum atomic E-state index is 11.8. The first-order chi connectivity index (χ1) is 23.9. The third kappa shape index (κ3) is 11.2. The van der Waals surface area contributed by atoms with Crippen molar-refractivity contribution in [3.8, 4) is 11.5 Å². The maximum absolute atomic E-state index is 11.8. The summed E-state index contributed by atoms with van der Waals surface area (Å²) in [6.45, 7) is 5.05. The van der Waals surface area contributed by atoms with Crippen LogP contribution < -0.4 is 23.4 Å². The van der Waals surface area contributed by atoms with E-state index in [2.05, 4.69) is 17.4 Å². The molecule has 3 amide bonds. The van der Waals surface area contributed by atoms with Crippen LogP contribution in [0.4, 0.5) is 16.2 Å². The zero-order valence-electron chi connectivity index (χ0n) is 28.6. The molecule has 0 radical (unpaired) electrons. The molecule has 0 saturated carbocycles. The lowest BCUT2D eigenvalue weighted by Crippen LogP contribution is -2.33. The lowest BCUT2D eigenvalue weighted by molar-refractivity contribution is -0.118. The largest absolute Gasteiger partial charge is 0.506 e. The van der Waals surface area contributed by atoms with E-state index in [0.717, 1.165) is 45.4 Å². The van der Waals surface area contributed by atoms with Crippen LogP contribution >= 0.6 is 0 Å². The van der Waals surface area contributed by atoms with Crippen LogP contribution in [0.15, 0.2) is 66.7 Å². The lowest BCUT2D eigenvalue weighted by Gasteiger charge is -2.19. The Hall–Kier alpha value is -5.03. The molecule has 51 heavy (non-hydrogen) atoms. The van der Waals surface area contributed by atoms with Crippen LogP contribution in [0.3, 0.4) is 0 Å². The Morgan fingerprint density at radius 1 is 0.725 bits per heavy atom. The van der Waals surface area contributed by atoms with Gasteiger partial charge in [0.1, 0.15) is 30.2 Å². The molecule has 0 aromatic heterocycles. The smallest absolute Gasteiger partial charge is 0.407 e. The first-order valence-electron chi connectivity index (χ1n) is 16.2. The van der Waals surface area contributed by atoms with Gasteiger partial charge in [-0.05, 0) is 100 Å². The molecule has 0 spiro atoms. The average molecular weight is 746 g/mol. The summed E-state index contributed by atoms with van der Waals surface area (Å²) in [5.41, 5.74) is 2.61. The summed E-state index contributed by atoms with van der Waals surface area (Å²) in [6.07, 6.45) is 4.48. The molecule has 2 fully saturated rings. The predicted octanol–water partition coefficient (Wildman–Crippen LogP) is 3.17. The van der Waals surface area contributed by atoms with Gasteiger partial charge in [-0.1, -0.05) is 42.5 Å². The quantitative estimate of drug-likeness (QED) is 0.181. The number of hydrogen-bond donors (Lipinski definition) is 5. The first kappa shape index (κ1) is 38.8. The second-order valence-corrected chi connectivity index (χ2v) is 16.1. The fourth-order valence-corrected chi connectivity index (χ4v) is 7.62. The van der Waals surface area contributed by atoms with Gasteiger partial charge in [0.15, 0.2) is 0 Å². The number of nitrogens with zero attached hydrogens (tertiary/aromatic N) is 2. The van der Waals surface area contributed by atoms with Gasteiger partial charge in [0.05, 0.1) is 11.4 Å². The van der Waals surface area contributed by atoms with Gasteiger partial charge in [-0.2, -0.15) is 16.8 Å². The van der Waals surface area contributed by atoms with Crippen molar-refractivity contribution < 1.29 is 46.2 Å². The van der Waals surface area contributed by atoms with Gasteiger partial charge in [0.2, 0.25) is 0 Å². The highest BCUT2D eigenvalue weighted by molar-refractivity contribution is 7.92. The Morgan fingerprint density at radius 2 is 1.18 bits per heavy atom. The van der Waals surface area contributed by atoms with Crippen molar-refractivity contribution in [2.75, 3.05) is 28.2 Å². The SMILES string of the molecule is CC(C)(C)OC(=O)NCCCc1ccc(N2CC(=O)NS2(=O)=O)c(O)c1.O=C1CN(c2ccc(CCCCc3ccccc3)cc2O)S(=O)(=O)N1. The minimum absolute atomic E-state index is 0.0407. The Morgan fingerprint density at radius 3 is 1.59 bits per heavy atom. The summed E-state index contributed by atoms with van der Waals surface area (Å²) in [5.74, 6) is -1.63. The molecular weight excluding hydrogens is 703 g/mol. The van der Waals surface area contributed by atoms with E-state index in [1.165, 1.54) is 17.7 Å². The molecule has 2 aliphatic heterocycles. The second kappa shape index (κ2) is 16.3. The third-order valence-electron chi connectivity index (χ3n) is 7.59. The van der Waals surface area contributed by atoms with Crippen LogP contribution in [-0.2, 0) is 54.0 Å². The molecule has 17 heteroatoms. The number of ether oxygens (including phenoxy) is 1. The van der Waals surface area contributed by atoms with Crippen LogP contribution in [0.5, 0.6) is 11.5 Å². The molecule has 2 saturated heterocycles. The zero-order chi connectivity index (χ0) is 37.4. The predicted molar refractivity (Wildman–Crippen MR) is 191 cm³/mol. The molecule has 276 valence electrons. The maximum Gasteiger partial charge on any atom is 0.407 e. The summed E-state index contributed by atoms with van der Waals surface area (Å²) >= 11 is 0. The molecule has 0 bridgehead atoms. The number of amides is 3. The van der Waals surface area contributed by atoms with E-state index in [1.807, 2.05) is 27.6 Å². The van der Waals surface area contributed by atoms with Crippen molar-refractivity contribution >= 4 is 49.7 Å². The Bertz CT molecular complexity index is 1950. The van der Waals surface area contributed by atoms with Crippen molar-refractivity contribution in [2.45, 2.75) is 64.9 Å². The van der Waals surface area contributed by atoms with Crippen molar-refractivity contribution in [1.29, 1.82) is 0 Å². The van der Waals surface area contributed by atoms with Gasteiger partial charge in [-0.15, -0.1) is 0 Å². The number of rotatable bonds is 11. The minimum atomic E-state index is -3.96. The van der Waals surface area contributed by atoms with Gasteiger partial charge >= 0.3 is 26.5 Å².